The van der Waals surface area contributed by atoms with Gasteiger partial charge in [-0.15, -0.1) is 0 Å². The second kappa shape index (κ2) is 4.60. The molecule has 1 aliphatic heterocycles. The monoisotopic (exact) mass is 319 g/mol. The Bertz CT molecular complexity index is 568. The van der Waals surface area contributed by atoms with Gasteiger partial charge < -0.3 is 0 Å². The summed E-state index contributed by atoms with van der Waals surface area (Å²) in [5.41, 5.74) is 1.70. The number of halogens is 1. The zero-order chi connectivity index (χ0) is 13.6. The molecule has 2 atom stereocenters. The molecular formula is C15H14BrNO2. The van der Waals surface area contributed by atoms with Gasteiger partial charge in [-0.05, 0) is 43.5 Å². The Balaban J connectivity index is 1.99. The fraction of sp³-hybridized carbons (Fsp3) is 0.333. The Morgan fingerprint density at radius 2 is 1.68 bits per heavy atom. The molecule has 0 radical (unpaired) electrons. The van der Waals surface area contributed by atoms with Crippen molar-refractivity contribution in [3.8, 4) is 0 Å². The first-order valence-corrected chi connectivity index (χ1v) is 7.18. The number of hydrogen-bond acceptors (Lipinski definition) is 2. The highest BCUT2D eigenvalue weighted by atomic mass is 79.9. The number of imide groups is 1. The maximum atomic E-state index is 12.4. The molecule has 0 aromatic heterocycles. The maximum absolute atomic E-state index is 12.4. The van der Waals surface area contributed by atoms with E-state index in [-0.39, 0.29) is 23.7 Å². The molecule has 1 aliphatic carbocycles. The van der Waals surface area contributed by atoms with Crippen LogP contribution in [-0.4, -0.2) is 11.8 Å². The van der Waals surface area contributed by atoms with Crippen molar-refractivity contribution in [2.75, 3.05) is 4.90 Å². The van der Waals surface area contributed by atoms with Gasteiger partial charge >= 0.3 is 0 Å². The molecule has 1 aromatic carbocycles. The van der Waals surface area contributed by atoms with E-state index in [0.717, 1.165) is 10.0 Å². The number of anilines is 1. The fourth-order valence-electron chi connectivity index (χ4n) is 2.82. The standard InChI is InChI=1S/C15H14BrNO2/c1-9-8-10(6-7-13(9)16)17-14(18)11-4-2-3-5-12(11)15(17)19/h2-3,6-8,11-12H,4-5H2,1H3. The lowest BCUT2D eigenvalue weighted by Crippen LogP contribution is -2.30. The van der Waals surface area contributed by atoms with E-state index in [2.05, 4.69) is 15.9 Å². The molecule has 98 valence electrons. The van der Waals surface area contributed by atoms with Crippen molar-refractivity contribution in [3.63, 3.8) is 0 Å². The Kier molecular flexibility index (Phi) is 3.05. The van der Waals surface area contributed by atoms with E-state index in [4.69, 9.17) is 0 Å². The second-order valence-electron chi connectivity index (χ2n) is 5.10. The highest BCUT2D eigenvalue weighted by Crippen LogP contribution is 2.38. The second-order valence-corrected chi connectivity index (χ2v) is 5.96. The molecule has 0 bridgehead atoms. The summed E-state index contributed by atoms with van der Waals surface area (Å²) >= 11 is 3.43. The lowest BCUT2D eigenvalue weighted by atomic mass is 9.85. The van der Waals surface area contributed by atoms with Crippen LogP contribution in [0.25, 0.3) is 0 Å². The molecule has 2 unspecified atom stereocenters. The molecule has 0 spiro atoms. The number of allylic oxidation sites excluding steroid dienone is 2. The van der Waals surface area contributed by atoms with Crippen molar-refractivity contribution in [3.05, 3.63) is 40.4 Å². The summed E-state index contributed by atoms with van der Waals surface area (Å²) in [5.74, 6) is -0.440. The van der Waals surface area contributed by atoms with E-state index in [1.165, 1.54) is 4.90 Å². The first kappa shape index (κ1) is 12.6. The van der Waals surface area contributed by atoms with Crippen LogP contribution in [0.2, 0.25) is 0 Å². The third-order valence-corrected chi connectivity index (χ3v) is 4.80. The van der Waals surface area contributed by atoms with Crippen molar-refractivity contribution < 1.29 is 9.59 Å². The third kappa shape index (κ3) is 1.94. The minimum atomic E-state index is -0.165. The van der Waals surface area contributed by atoms with Gasteiger partial charge in [0.1, 0.15) is 0 Å². The normalized spacial score (nSPS) is 25.9. The lowest BCUT2D eigenvalue weighted by Gasteiger charge is -2.15. The largest absolute Gasteiger partial charge is 0.274 e. The molecule has 3 rings (SSSR count). The minimum absolute atomic E-state index is 0.0546. The maximum Gasteiger partial charge on any atom is 0.238 e. The van der Waals surface area contributed by atoms with Crippen LogP contribution in [0.4, 0.5) is 5.69 Å². The van der Waals surface area contributed by atoms with Gasteiger partial charge in [-0.3, -0.25) is 14.5 Å². The van der Waals surface area contributed by atoms with Crippen molar-refractivity contribution in [2.24, 2.45) is 11.8 Å². The first-order valence-electron chi connectivity index (χ1n) is 6.38. The van der Waals surface area contributed by atoms with Crippen molar-refractivity contribution >= 4 is 33.4 Å². The van der Waals surface area contributed by atoms with E-state index in [1.807, 2.05) is 37.3 Å². The van der Waals surface area contributed by atoms with Crippen LogP contribution in [0.1, 0.15) is 18.4 Å². The predicted molar refractivity (Wildman–Crippen MR) is 76.7 cm³/mol. The van der Waals surface area contributed by atoms with Crippen LogP contribution >= 0.6 is 15.9 Å². The highest BCUT2D eigenvalue weighted by Gasteiger charge is 2.47. The van der Waals surface area contributed by atoms with E-state index in [9.17, 15) is 9.59 Å². The Morgan fingerprint density at radius 1 is 1.11 bits per heavy atom. The van der Waals surface area contributed by atoms with Crippen LogP contribution in [-0.2, 0) is 9.59 Å². The summed E-state index contributed by atoms with van der Waals surface area (Å²) in [4.78, 5) is 26.2. The molecule has 4 heteroatoms. The van der Waals surface area contributed by atoms with Crippen LogP contribution in [0.5, 0.6) is 0 Å². The number of hydrogen-bond donors (Lipinski definition) is 0. The molecule has 1 heterocycles. The number of carbonyl (C=O) groups excluding carboxylic acids is 2. The summed E-state index contributed by atoms with van der Waals surface area (Å²) in [6, 6.07) is 5.58. The molecule has 2 aliphatic rings. The topological polar surface area (TPSA) is 37.4 Å². The summed E-state index contributed by atoms with van der Waals surface area (Å²) in [7, 11) is 0. The number of aryl methyl sites for hydroxylation is 1. The summed E-state index contributed by atoms with van der Waals surface area (Å²) in [5, 5.41) is 0. The van der Waals surface area contributed by atoms with E-state index < -0.39 is 0 Å². The van der Waals surface area contributed by atoms with Gasteiger partial charge in [-0.2, -0.15) is 0 Å². The minimum Gasteiger partial charge on any atom is -0.274 e. The van der Waals surface area contributed by atoms with Gasteiger partial charge in [-0.1, -0.05) is 28.1 Å². The highest BCUT2D eigenvalue weighted by molar-refractivity contribution is 9.10. The number of benzene rings is 1. The average molecular weight is 320 g/mol. The first-order chi connectivity index (χ1) is 9.09. The van der Waals surface area contributed by atoms with Crippen LogP contribution in [0, 0.1) is 18.8 Å². The van der Waals surface area contributed by atoms with Gasteiger partial charge in [0.05, 0.1) is 17.5 Å². The number of amides is 2. The molecule has 0 saturated carbocycles. The SMILES string of the molecule is Cc1cc(N2C(=O)C3CC=CCC3C2=O)ccc1Br. The number of fused-ring (bicyclic) bond motifs is 1. The van der Waals surface area contributed by atoms with Gasteiger partial charge in [0, 0.05) is 4.47 Å². The predicted octanol–water partition coefficient (Wildman–Crippen LogP) is 3.21. The van der Waals surface area contributed by atoms with Gasteiger partial charge in [0.15, 0.2) is 0 Å². The quantitative estimate of drug-likeness (QED) is 0.588. The molecule has 1 saturated heterocycles. The Labute approximate surface area is 120 Å². The average Bonchev–Trinajstić information content (AvgIpc) is 2.66. The lowest BCUT2D eigenvalue weighted by molar-refractivity contribution is -0.122. The Morgan fingerprint density at radius 3 is 2.21 bits per heavy atom. The van der Waals surface area contributed by atoms with E-state index in [1.54, 1.807) is 0 Å². The summed E-state index contributed by atoms with van der Waals surface area (Å²) in [6.07, 6.45) is 5.37. The molecule has 1 fully saturated rings. The van der Waals surface area contributed by atoms with Crippen LogP contribution in [0.3, 0.4) is 0 Å². The number of nitrogens with zero attached hydrogens (tertiary/aromatic N) is 1. The van der Waals surface area contributed by atoms with Crippen LogP contribution in [0.15, 0.2) is 34.8 Å². The van der Waals surface area contributed by atoms with Crippen molar-refractivity contribution in [1.82, 2.24) is 0 Å². The van der Waals surface area contributed by atoms with Crippen molar-refractivity contribution in [2.45, 2.75) is 19.8 Å². The van der Waals surface area contributed by atoms with Gasteiger partial charge in [0.2, 0.25) is 11.8 Å². The van der Waals surface area contributed by atoms with Crippen LogP contribution < -0.4 is 4.90 Å². The molecule has 0 N–H and O–H groups in total. The number of rotatable bonds is 1. The Hall–Kier alpha value is -1.42. The summed E-state index contributed by atoms with van der Waals surface area (Å²) < 4.78 is 0.981. The molecule has 2 amide bonds. The zero-order valence-electron chi connectivity index (χ0n) is 10.6. The van der Waals surface area contributed by atoms with E-state index in [0.29, 0.717) is 18.5 Å². The molecule has 3 nitrogen and oxygen atoms in total. The van der Waals surface area contributed by atoms with Gasteiger partial charge in [-0.25, -0.2) is 0 Å². The third-order valence-electron chi connectivity index (χ3n) is 3.91. The van der Waals surface area contributed by atoms with Crippen molar-refractivity contribution in [1.29, 1.82) is 0 Å². The van der Waals surface area contributed by atoms with Gasteiger partial charge in [0.25, 0.3) is 0 Å². The van der Waals surface area contributed by atoms with E-state index >= 15 is 0 Å². The molecule has 19 heavy (non-hydrogen) atoms. The fourth-order valence-corrected chi connectivity index (χ4v) is 3.07. The smallest absolute Gasteiger partial charge is 0.238 e. The molecule has 1 aromatic rings. The summed E-state index contributed by atoms with van der Waals surface area (Å²) in [6.45, 7) is 1.95. The zero-order valence-corrected chi connectivity index (χ0v) is 12.2. The molecular weight excluding hydrogens is 306 g/mol. The number of carbonyl (C=O) groups is 2.